The Hall–Kier alpha value is -1.86. The molecule has 1 unspecified atom stereocenters. The van der Waals surface area contributed by atoms with Gasteiger partial charge in [-0.2, -0.15) is 0 Å². The second-order valence-electron chi connectivity index (χ2n) is 5.62. The first kappa shape index (κ1) is 14.5. The Morgan fingerprint density at radius 2 is 1.55 bits per heavy atom. The van der Waals surface area contributed by atoms with Crippen molar-refractivity contribution in [3.63, 3.8) is 0 Å². The molecule has 2 aromatic rings. The van der Waals surface area contributed by atoms with Gasteiger partial charge >= 0.3 is 0 Å². The van der Waals surface area contributed by atoms with E-state index in [4.69, 9.17) is 0 Å². The number of nitrogens with one attached hydrogen (secondary N) is 1. The van der Waals surface area contributed by atoms with Gasteiger partial charge < -0.3 is 4.90 Å². The van der Waals surface area contributed by atoms with Crippen LogP contribution >= 0.6 is 0 Å². The van der Waals surface area contributed by atoms with Crippen molar-refractivity contribution >= 4 is 11.8 Å². The molecule has 0 saturated heterocycles. The first-order chi connectivity index (χ1) is 9.56. The molecule has 0 aromatic heterocycles. The summed E-state index contributed by atoms with van der Waals surface area (Å²) in [4.78, 5) is 1.42. The highest BCUT2D eigenvalue weighted by atomic mass is 15.1. The average Bonchev–Trinajstić information content (AvgIpc) is 2.41. The first-order valence-corrected chi connectivity index (χ1v) is 7.19. The summed E-state index contributed by atoms with van der Waals surface area (Å²) in [6, 6.07) is 15.3. The number of rotatable bonds is 4. The predicted octanol–water partition coefficient (Wildman–Crippen LogP) is 3.47. The summed E-state index contributed by atoms with van der Waals surface area (Å²) in [6.07, 6.45) is 4.45. The van der Waals surface area contributed by atoms with E-state index in [1.165, 1.54) is 32.8 Å². The lowest BCUT2D eigenvalue weighted by atomic mass is 10.1. The molecule has 2 aromatic carbocycles. The monoisotopic (exact) mass is 266 g/mol. The molecule has 20 heavy (non-hydrogen) atoms. The van der Waals surface area contributed by atoms with Crippen molar-refractivity contribution in [3.05, 3.63) is 70.8 Å². The van der Waals surface area contributed by atoms with Crippen LogP contribution in [0, 0.1) is 20.8 Å². The minimum absolute atomic E-state index is 0.998. The van der Waals surface area contributed by atoms with E-state index in [0.29, 0.717) is 0 Å². The molecule has 0 bridgehead atoms. The average molecular weight is 266 g/mol. The Balaban J connectivity index is 2.01. The first-order valence-electron chi connectivity index (χ1n) is 7.19. The van der Waals surface area contributed by atoms with Crippen LogP contribution in [0.15, 0.2) is 48.5 Å². The zero-order valence-corrected chi connectivity index (χ0v) is 12.9. The van der Waals surface area contributed by atoms with Crippen LogP contribution in [0.3, 0.4) is 0 Å². The fraction of sp³-hybridized carbons (Fsp3) is 0.263. The molecule has 1 atom stereocenters. The van der Waals surface area contributed by atoms with Crippen molar-refractivity contribution < 1.29 is 4.90 Å². The smallest absolute Gasteiger partial charge is 0.134 e. The van der Waals surface area contributed by atoms with E-state index in [1.54, 1.807) is 0 Å². The van der Waals surface area contributed by atoms with Gasteiger partial charge in [0.15, 0.2) is 0 Å². The summed E-state index contributed by atoms with van der Waals surface area (Å²) in [5, 5.41) is 0. The minimum atomic E-state index is 0.998. The molecule has 0 aliphatic carbocycles. The zero-order valence-electron chi connectivity index (χ0n) is 12.9. The van der Waals surface area contributed by atoms with Gasteiger partial charge in [0.2, 0.25) is 0 Å². The number of aryl methyl sites for hydroxylation is 3. The molecule has 104 valence electrons. The van der Waals surface area contributed by atoms with E-state index in [-0.39, 0.29) is 0 Å². The van der Waals surface area contributed by atoms with Crippen LogP contribution in [0.5, 0.6) is 0 Å². The van der Waals surface area contributed by atoms with Crippen LogP contribution in [0.1, 0.15) is 22.3 Å². The highest BCUT2D eigenvalue weighted by Gasteiger charge is 2.07. The van der Waals surface area contributed by atoms with E-state index in [2.05, 4.69) is 82.4 Å². The lowest BCUT2D eigenvalue weighted by molar-refractivity contribution is -0.803. The number of hydrogen-bond donors (Lipinski definition) is 1. The molecule has 0 spiro atoms. The molecular weight excluding hydrogens is 242 g/mol. The molecule has 2 rings (SSSR count). The molecule has 0 radical (unpaired) electrons. The van der Waals surface area contributed by atoms with E-state index in [9.17, 15) is 0 Å². The third-order valence-corrected chi connectivity index (χ3v) is 3.65. The van der Waals surface area contributed by atoms with Crippen molar-refractivity contribution in [2.45, 2.75) is 20.8 Å². The number of benzene rings is 2. The van der Waals surface area contributed by atoms with Crippen LogP contribution in [-0.2, 0) is 0 Å². The summed E-state index contributed by atoms with van der Waals surface area (Å²) in [5.41, 5.74) is 6.65. The Bertz CT molecular complexity index is 594. The van der Waals surface area contributed by atoms with Crippen molar-refractivity contribution in [1.82, 2.24) is 0 Å². The second-order valence-corrected chi connectivity index (χ2v) is 5.62. The van der Waals surface area contributed by atoms with Crippen LogP contribution in [-0.4, -0.2) is 13.6 Å². The molecule has 0 fully saturated rings. The Morgan fingerprint density at radius 3 is 2.20 bits per heavy atom. The molecule has 0 aliphatic rings. The fourth-order valence-electron chi connectivity index (χ4n) is 2.45. The zero-order chi connectivity index (χ0) is 14.5. The molecule has 1 N–H and O–H groups in total. The highest BCUT2D eigenvalue weighted by molar-refractivity contribution is 5.49. The number of likely N-dealkylation sites (N-methyl/N-ethyl adjacent to an activating group) is 1. The molecule has 1 heteroatoms. The van der Waals surface area contributed by atoms with Crippen LogP contribution < -0.4 is 4.90 Å². The van der Waals surface area contributed by atoms with Gasteiger partial charge in [0.05, 0.1) is 7.05 Å². The third-order valence-electron chi connectivity index (χ3n) is 3.65. The summed E-state index contributed by atoms with van der Waals surface area (Å²) < 4.78 is 0. The van der Waals surface area contributed by atoms with Crippen molar-refractivity contribution in [3.8, 4) is 0 Å². The van der Waals surface area contributed by atoms with Gasteiger partial charge in [-0.1, -0.05) is 53.6 Å². The van der Waals surface area contributed by atoms with Crippen molar-refractivity contribution in [1.29, 1.82) is 0 Å². The van der Waals surface area contributed by atoms with Gasteiger partial charge in [-0.05, 0) is 38.5 Å². The van der Waals surface area contributed by atoms with E-state index >= 15 is 0 Å². The quantitative estimate of drug-likeness (QED) is 0.864. The maximum absolute atomic E-state index is 2.25. The van der Waals surface area contributed by atoms with Gasteiger partial charge in [0.1, 0.15) is 12.2 Å². The number of quaternary nitrogens is 1. The number of hydrogen-bond acceptors (Lipinski definition) is 0. The van der Waals surface area contributed by atoms with Crippen molar-refractivity contribution in [2.75, 3.05) is 13.6 Å². The fourth-order valence-corrected chi connectivity index (χ4v) is 2.45. The van der Waals surface area contributed by atoms with Gasteiger partial charge in [-0.3, -0.25) is 0 Å². The van der Waals surface area contributed by atoms with E-state index < -0.39 is 0 Å². The van der Waals surface area contributed by atoms with Gasteiger partial charge in [0, 0.05) is 5.56 Å². The maximum atomic E-state index is 2.25. The van der Waals surface area contributed by atoms with Crippen molar-refractivity contribution in [2.24, 2.45) is 0 Å². The van der Waals surface area contributed by atoms with E-state index in [0.717, 1.165) is 6.54 Å². The lowest BCUT2D eigenvalue weighted by Gasteiger charge is -2.14. The van der Waals surface area contributed by atoms with Crippen LogP contribution in [0.25, 0.3) is 6.08 Å². The highest BCUT2D eigenvalue weighted by Crippen LogP contribution is 2.11. The third kappa shape index (κ3) is 3.82. The van der Waals surface area contributed by atoms with Crippen LogP contribution in [0.2, 0.25) is 0 Å². The lowest BCUT2D eigenvalue weighted by Crippen LogP contribution is -3.03. The van der Waals surface area contributed by atoms with Crippen LogP contribution in [0.4, 0.5) is 5.69 Å². The molecule has 1 nitrogen and oxygen atoms in total. The van der Waals surface area contributed by atoms with E-state index in [1.807, 2.05) is 0 Å². The largest absolute Gasteiger partial charge is 0.301 e. The Kier molecular flexibility index (Phi) is 4.75. The molecule has 0 amide bonds. The second kappa shape index (κ2) is 6.53. The Labute approximate surface area is 122 Å². The topological polar surface area (TPSA) is 4.44 Å². The SMILES string of the molecule is Cc1ccc(/C=C/C[NH+](C)c2ccc(C)cc2C)cc1. The molecule has 0 aliphatic heterocycles. The molecular formula is C19H24N+. The molecule has 0 saturated carbocycles. The normalized spacial score (nSPS) is 12.8. The molecule has 0 heterocycles. The summed E-state index contributed by atoms with van der Waals surface area (Å²) in [5.74, 6) is 0. The standard InChI is InChI=1S/C19H23N/c1-15-7-10-18(11-8-15)6-5-13-20(4)19-12-9-16(2)14-17(19)3/h5-12,14H,13H2,1-4H3/p+1/b6-5+. The van der Waals surface area contributed by atoms with Gasteiger partial charge in [-0.25, -0.2) is 0 Å². The maximum Gasteiger partial charge on any atom is 0.134 e. The predicted molar refractivity (Wildman–Crippen MR) is 87.5 cm³/mol. The Morgan fingerprint density at radius 1 is 0.900 bits per heavy atom. The summed E-state index contributed by atoms with van der Waals surface area (Å²) in [6.45, 7) is 7.45. The summed E-state index contributed by atoms with van der Waals surface area (Å²) >= 11 is 0. The summed E-state index contributed by atoms with van der Waals surface area (Å²) in [7, 11) is 2.22. The minimum Gasteiger partial charge on any atom is -0.301 e. The van der Waals surface area contributed by atoms with Gasteiger partial charge in [0.25, 0.3) is 0 Å². The van der Waals surface area contributed by atoms with Gasteiger partial charge in [-0.15, -0.1) is 0 Å².